The number of nitrogens with one attached hydrogen (secondary N) is 2. The number of anilines is 1. The number of rotatable bonds is 4. The van der Waals surface area contributed by atoms with Crippen molar-refractivity contribution in [3.05, 3.63) is 28.3 Å². The van der Waals surface area contributed by atoms with Gasteiger partial charge in [0, 0.05) is 12.2 Å². The lowest BCUT2D eigenvalue weighted by Crippen LogP contribution is -2.35. The Morgan fingerprint density at radius 3 is 1.90 bits per heavy atom. The summed E-state index contributed by atoms with van der Waals surface area (Å²) in [5.41, 5.74) is 6.86. The van der Waals surface area contributed by atoms with Crippen LogP contribution in [0.15, 0.2) is 6.07 Å². The van der Waals surface area contributed by atoms with Gasteiger partial charge in [-0.1, -0.05) is 40.7 Å². The van der Waals surface area contributed by atoms with E-state index >= 15 is 0 Å². The Kier molecular flexibility index (Phi) is 6.21. The van der Waals surface area contributed by atoms with Crippen LogP contribution in [0.2, 0.25) is 0 Å². The van der Waals surface area contributed by atoms with Crippen LogP contribution in [0.5, 0.6) is 0 Å². The van der Waals surface area contributed by atoms with Gasteiger partial charge in [0.25, 0.3) is 0 Å². The van der Waals surface area contributed by atoms with Crippen molar-refractivity contribution in [1.29, 1.82) is 0 Å². The van der Waals surface area contributed by atoms with E-state index in [1.54, 1.807) is 0 Å². The fraction of sp³-hybridized carbons (Fsp3) is 0.611. The second-order valence-corrected chi connectivity index (χ2v) is 7.33. The van der Waals surface area contributed by atoms with Crippen molar-refractivity contribution in [2.75, 3.05) is 11.9 Å². The van der Waals surface area contributed by atoms with Crippen LogP contribution in [-0.2, 0) is 12.8 Å². The molecule has 0 aromatic heterocycles. The lowest BCUT2D eigenvalue weighted by atomic mass is 9.94. The van der Waals surface area contributed by atoms with Crippen LogP contribution < -0.4 is 10.6 Å². The molecule has 0 radical (unpaired) electrons. The second kappa shape index (κ2) is 7.26. The van der Waals surface area contributed by atoms with Crippen LogP contribution in [0.4, 0.5) is 5.69 Å². The Balaban J connectivity index is 3.03. The molecule has 0 spiro atoms. The highest BCUT2D eigenvalue weighted by atomic mass is 32.1. The Morgan fingerprint density at radius 1 is 1.05 bits per heavy atom. The first-order chi connectivity index (χ1) is 9.69. The van der Waals surface area contributed by atoms with Crippen LogP contribution in [0.1, 0.15) is 56.9 Å². The van der Waals surface area contributed by atoms with E-state index < -0.39 is 0 Å². The zero-order chi connectivity index (χ0) is 16.2. The van der Waals surface area contributed by atoms with Gasteiger partial charge in [-0.15, -0.1) is 0 Å². The third kappa shape index (κ3) is 4.99. The van der Waals surface area contributed by atoms with Crippen LogP contribution in [0.3, 0.4) is 0 Å². The van der Waals surface area contributed by atoms with Gasteiger partial charge < -0.3 is 10.6 Å². The number of thiocarbonyl (C=S) groups is 1. The standard InChI is InChI=1S/C18H30N2S/c1-8-14-12(3)10-13(4)15(9-2)16(14)20-17(21)19-11-18(5,6)7/h10H,8-9,11H2,1-7H3,(H2,19,20,21). The minimum Gasteiger partial charge on any atom is -0.362 e. The molecule has 2 nitrogen and oxygen atoms in total. The molecule has 0 atom stereocenters. The zero-order valence-electron chi connectivity index (χ0n) is 14.6. The highest BCUT2D eigenvalue weighted by Crippen LogP contribution is 2.29. The fourth-order valence-electron chi connectivity index (χ4n) is 2.64. The van der Waals surface area contributed by atoms with Crippen molar-refractivity contribution in [2.24, 2.45) is 5.41 Å². The van der Waals surface area contributed by atoms with E-state index in [9.17, 15) is 0 Å². The Morgan fingerprint density at radius 2 is 1.52 bits per heavy atom. The van der Waals surface area contributed by atoms with Gasteiger partial charge in [-0.3, -0.25) is 0 Å². The molecule has 1 aromatic carbocycles. The topological polar surface area (TPSA) is 24.1 Å². The molecule has 118 valence electrons. The SMILES string of the molecule is CCc1c(C)cc(C)c(CC)c1NC(=S)NCC(C)(C)C. The Hall–Kier alpha value is -1.09. The quantitative estimate of drug-likeness (QED) is 0.784. The molecule has 0 unspecified atom stereocenters. The monoisotopic (exact) mass is 306 g/mol. The molecular formula is C18H30N2S. The maximum Gasteiger partial charge on any atom is 0.170 e. The Labute approximate surface area is 135 Å². The van der Waals surface area contributed by atoms with Gasteiger partial charge in [0.15, 0.2) is 5.11 Å². The smallest absolute Gasteiger partial charge is 0.170 e. The van der Waals surface area contributed by atoms with Crippen molar-refractivity contribution >= 4 is 23.0 Å². The normalized spacial score (nSPS) is 11.4. The van der Waals surface area contributed by atoms with E-state index in [2.05, 4.69) is 65.2 Å². The van der Waals surface area contributed by atoms with Crippen LogP contribution >= 0.6 is 12.2 Å². The van der Waals surface area contributed by atoms with E-state index in [0.717, 1.165) is 24.5 Å². The number of hydrogen-bond acceptors (Lipinski definition) is 1. The van der Waals surface area contributed by atoms with Crippen molar-refractivity contribution in [3.8, 4) is 0 Å². The predicted octanol–water partition coefficient (Wildman–Crippen LogP) is 4.76. The maximum atomic E-state index is 5.48. The highest BCUT2D eigenvalue weighted by molar-refractivity contribution is 7.80. The Bertz CT molecular complexity index is 485. The molecule has 0 aliphatic rings. The summed E-state index contributed by atoms with van der Waals surface area (Å²) in [6.07, 6.45) is 2.03. The summed E-state index contributed by atoms with van der Waals surface area (Å²) in [6.45, 7) is 16.2. The number of hydrogen-bond donors (Lipinski definition) is 2. The van der Waals surface area contributed by atoms with Crippen molar-refractivity contribution in [3.63, 3.8) is 0 Å². The summed E-state index contributed by atoms with van der Waals surface area (Å²) in [5.74, 6) is 0. The number of benzene rings is 1. The molecule has 1 rings (SSSR count). The molecular weight excluding hydrogens is 276 g/mol. The summed E-state index contributed by atoms with van der Waals surface area (Å²) in [6, 6.07) is 2.29. The third-order valence-electron chi connectivity index (χ3n) is 3.71. The molecule has 1 aromatic rings. The minimum absolute atomic E-state index is 0.218. The molecule has 0 saturated carbocycles. The minimum atomic E-state index is 0.218. The molecule has 21 heavy (non-hydrogen) atoms. The van der Waals surface area contributed by atoms with Crippen molar-refractivity contribution in [2.45, 2.75) is 61.3 Å². The van der Waals surface area contributed by atoms with E-state index in [0.29, 0.717) is 0 Å². The van der Waals surface area contributed by atoms with Gasteiger partial charge in [-0.2, -0.15) is 0 Å². The van der Waals surface area contributed by atoms with E-state index in [1.807, 2.05) is 0 Å². The maximum absolute atomic E-state index is 5.48. The average Bonchev–Trinajstić information content (AvgIpc) is 2.36. The van der Waals surface area contributed by atoms with Crippen molar-refractivity contribution in [1.82, 2.24) is 5.32 Å². The molecule has 0 aliphatic carbocycles. The van der Waals surface area contributed by atoms with Gasteiger partial charge in [-0.25, -0.2) is 0 Å². The molecule has 0 heterocycles. The van der Waals surface area contributed by atoms with Crippen LogP contribution in [0.25, 0.3) is 0 Å². The lowest BCUT2D eigenvalue weighted by Gasteiger charge is -2.23. The highest BCUT2D eigenvalue weighted by Gasteiger charge is 2.15. The average molecular weight is 307 g/mol. The first-order valence-corrected chi connectivity index (χ1v) is 8.27. The fourth-order valence-corrected chi connectivity index (χ4v) is 2.81. The van der Waals surface area contributed by atoms with Gasteiger partial charge in [0.2, 0.25) is 0 Å². The second-order valence-electron chi connectivity index (χ2n) is 6.92. The van der Waals surface area contributed by atoms with E-state index in [1.165, 1.54) is 27.9 Å². The molecule has 0 amide bonds. The molecule has 0 saturated heterocycles. The molecule has 0 bridgehead atoms. The van der Waals surface area contributed by atoms with Crippen molar-refractivity contribution < 1.29 is 0 Å². The lowest BCUT2D eigenvalue weighted by molar-refractivity contribution is 0.409. The number of aryl methyl sites for hydroxylation is 2. The summed E-state index contributed by atoms with van der Waals surface area (Å²) in [7, 11) is 0. The van der Waals surface area contributed by atoms with Gasteiger partial charge in [0.05, 0.1) is 0 Å². The largest absolute Gasteiger partial charge is 0.362 e. The van der Waals surface area contributed by atoms with Crippen LogP contribution in [-0.4, -0.2) is 11.7 Å². The summed E-state index contributed by atoms with van der Waals surface area (Å²) < 4.78 is 0. The van der Waals surface area contributed by atoms with Gasteiger partial charge in [-0.05, 0) is 66.6 Å². The zero-order valence-corrected chi connectivity index (χ0v) is 15.4. The van der Waals surface area contributed by atoms with Gasteiger partial charge in [0.1, 0.15) is 0 Å². The summed E-state index contributed by atoms with van der Waals surface area (Å²) in [4.78, 5) is 0. The molecule has 2 N–H and O–H groups in total. The third-order valence-corrected chi connectivity index (χ3v) is 3.96. The summed E-state index contributed by atoms with van der Waals surface area (Å²) in [5, 5.41) is 7.51. The molecule has 0 aliphatic heterocycles. The van der Waals surface area contributed by atoms with Crippen LogP contribution in [0, 0.1) is 19.3 Å². The van der Waals surface area contributed by atoms with Gasteiger partial charge >= 0.3 is 0 Å². The van der Waals surface area contributed by atoms with E-state index in [-0.39, 0.29) is 5.41 Å². The van der Waals surface area contributed by atoms with E-state index in [4.69, 9.17) is 12.2 Å². The molecule has 0 fully saturated rings. The molecule has 3 heteroatoms. The first kappa shape index (κ1) is 18.0. The predicted molar refractivity (Wildman–Crippen MR) is 98.4 cm³/mol. The first-order valence-electron chi connectivity index (χ1n) is 7.86. The summed E-state index contributed by atoms with van der Waals surface area (Å²) >= 11 is 5.48.